The van der Waals surface area contributed by atoms with E-state index in [-0.39, 0.29) is 5.84 Å². The molecule has 0 bridgehead atoms. The van der Waals surface area contributed by atoms with Gasteiger partial charge in [-0.2, -0.15) is 0 Å². The maximum absolute atomic E-state index is 7.34. The molecule has 1 aliphatic heterocycles. The van der Waals surface area contributed by atoms with Crippen LogP contribution in [0.2, 0.25) is 0 Å². The third kappa shape index (κ3) is 3.97. The molecule has 0 radical (unpaired) electrons. The van der Waals surface area contributed by atoms with Crippen molar-refractivity contribution in [3.63, 3.8) is 0 Å². The van der Waals surface area contributed by atoms with E-state index in [1.165, 1.54) is 19.5 Å². The van der Waals surface area contributed by atoms with Gasteiger partial charge in [-0.05, 0) is 49.1 Å². The van der Waals surface area contributed by atoms with Crippen LogP contribution < -0.4 is 10.5 Å². The number of nitrogens with one attached hydrogen (secondary N) is 1. The van der Waals surface area contributed by atoms with E-state index in [2.05, 4.69) is 18.7 Å². The lowest BCUT2D eigenvalue weighted by Gasteiger charge is -2.18. The van der Waals surface area contributed by atoms with Crippen molar-refractivity contribution >= 4 is 5.84 Å². The summed E-state index contributed by atoms with van der Waals surface area (Å²) in [6.45, 7) is 8.70. The maximum atomic E-state index is 7.34. The summed E-state index contributed by atoms with van der Waals surface area (Å²) < 4.78 is 5.75. The molecule has 1 heterocycles. The maximum Gasteiger partial charge on any atom is 0.122 e. The lowest BCUT2D eigenvalue weighted by molar-refractivity contribution is 0.227. The molecular weight excluding hydrogens is 250 g/mol. The minimum atomic E-state index is 0.0911. The number of nitrogens with two attached hydrogens (primary N) is 1. The highest BCUT2D eigenvalue weighted by Gasteiger charge is 2.24. The second kappa shape index (κ2) is 6.75. The smallest absolute Gasteiger partial charge is 0.122 e. The van der Waals surface area contributed by atoms with Crippen LogP contribution in [-0.4, -0.2) is 37.0 Å². The van der Waals surface area contributed by atoms with E-state index in [9.17, 15) is 0 Å². The topological polar surface area (TPSA) is 62.3 Å². The molecule has 0 amide bonds. The minimum absolute atomic E-state index is 0.0911. The molecule has 110 valence electrons. The van der Waals surface area contributed by atoms with Crippen LogP contribution in [0.3, 0.4) is 0 Å². The average Bonchev–Trinajstić information content (AvgIpc) is 2.88. The Morgan fingerprint density at radius 2 is 2.10 bits per heavy atom. The lowest BCUT2D eigenvalue weighted by Crippen LogP contribution is -2.27. The van der Waals surface area contributed by atoms with Crippen LogP contribution in [0.1, 0.15) is 25.8 Å². The molecule has 4 nitrogen and oxygen atoms in total. The molecule has 1 atom stereocenters. The fourth-order valence-corrected chi connectivity index (χ4v) is 2.63. The Hall–Kier alpha value is -1.55. The number of hydrogen-bond acceptors (Lipinski definition) is 3. The Kier molecular flexibility index (Phi) is 5.01. The molecule has 0 aromatic heterocycles. The highest BCUT2D eigenvalue weighted by Crippen LogP contribution is 2.23. The van der Waals surface area contributed by atoms with Crippen LogP contribution in [0.5, 0.6) is 5.75 Å². The zero-order valence-electron chi connectivity index (χ0n) is 12.4. The number of benzene rings is 1. The summed E-state index contributed by atoms with van der Waals surface area (Å²) in [6, 6.07) is 7.39. The van der Waals surface area contributed by atoms with Gasteiger partial charge in [0.15, 0.2) is 0 Å². The first-order chi connectivity index (χ1) is 9.56. The summed E-state index contributed by atoms with van der Waals surface area (Å²) in [5.41, 5.74) is 6.15. The number of likely N-dealkylation sites (tertiary alicyclic amines) is 1. The molecule has 0 spiro atoms. The van der Waals surface area contributed by atoms with Crippen molar-refractivity contribution in [3.8, 4) is 5.75 Å². The fourth-order valence-electron chi connectivity index (χ4n) is 2.63. The summed E-state index contributed by atoms with van der Waals surface area (Å²) in [4.78, 5) is 2.48. The highest BCUT2D eigenvalue weighted by atomic mass is 16.5. The lowest BCUT2D eigenvalue weighted by atomic mass is 9.95. The van der Waals surface area contributed by atoms with E-state index in [4.69, 9.17) is 15.9 Å². The van der Waals surface area contributed by atoms with Crippen LogP contribution >= 0.6 is 0 Å². The quantitative estimate of drug-likeness (QED) is 0.618. The fraction of sp³-hybridized carbons (Fsp3) is 0.562. The van der Waals surface area contributed by atoms with E-state index >= 15 is 0 Å². The summed E-state index contributed by atoms with van der Waals surface area (Å²) in [5, 5.41) is 7.34. The SMILES string of the molecule is CC(C)C1CCN(CCOc2ccc(C(=N)N)cc2)C1. The average molecular weight is 275 g/mol. The molecular formula is C16H25N3O. The Labute approximate surface area is 121 Å². The number of rotatable bonds is 6. The van der Waals surface area contributed by atoms with Gasteiger partial charge in [-0.3, -0.25) is 10.3 Å². The first-order valence-corrected chi connectivity index (χ1v) is 7.36. The molecule has 0 saturated carbocycles. The van der Waals surface area contributed by atoms with E-state index in [0.29, 0.717) is 6.61 Å². The van der Waals surface area contributed by atoms with Gasteiger partial charge < -0.3 is 10.5 Å². The summed E-state index contributed by atoms with van der Waals surface area (Å²) in [6.07, 6.45) is 1.31. The Morgan fingerprint density at radius 1 is 1.40 bits per heavy atom. The van der Waals surface area contributed by atoms with Gasteiger partial charge in [0.05, 0.1) is 0 Å². The predicted octanol–water partition coefficient (Wildman–Crippen LogP) is 2.33. The van der Waals surface area contributed by atoms with Crippen LogP contribution in [-0.2, 0) is 0 Å². The molecule has 1 aliphatic rings. The molecule has 4 heteroatoms. The minimum Gasteiger partial charge on any atom is -0.492 e. The van der Waals surface area contributed by atoms with E-state index < -0.39 is 0 Å². The van der Waals surface area contributed by atoms with Crippen LogP contribution in [0, 0.1) is 17.2 Å². The van der Waals surface area contributed by atoms with Crippen molar-refractivity contribution in [3.05, 3.63) is 29.8 Å². The summed E-state index contributed by atoms with van der Waals surface area (Å²) in [7, 11) is 0. The zero-order valence-corrected chi connectivity index (χ0v) is 12.4. The number of nitrogen functional groups attached to an aromatic ring is 1. The van der Waals surface area contributed by atoms with Crippen molar-refractivity contribution in [1.29, 1.82) is 5.41 Å². The third-order valence-electron chi connectivity index (χ3n) is 4.09. The predicted molar refractivity (Wildman–Crippen MR) is 82.3 cm³/mol. The van der Waals surface area contributed by atoms with Gasteiger partial charge in [0.2, 0.25) is 0 Å². The van der Waals surface area contributed by atoms with E-state index in [1.807, 2.05) is 24.3 Å². The summed E-state index contributed by atoms with van der Waals surface area (Å²) >= 11 is 0. The monoisotopic (exact) mass is 275 g/mol. The number of hydrogen-bond donors (Lipinski definition) is 2. The molecule has 20 heavy (non-hydrogen) atoms. The molecule has 1 aromatic carbocycles. The number of nitrogens with zero attached hydrogens (tertiary/aromatic N) is 1. The van der Waals surface area contributed by atoms with E-state index in [1.54, 1.807) is 0 Å². The van der Waals surface area contributed by atoms with Gasteiger partial charge in [-0.15, -0.1) is 0 Å². The molecule has 1 fully saturated rings. The molecule has 2 rings (SSSR count). The van der Waals surface area contributed by atoms with Crippen molar-refractivity contribution in [1.82, 2.24) is 4.90 Å². The largest absolute Gasteiger partial charge is 0.492 e. The molecule has 1 unspecified atom stereocenters. The van der Waals surface area contributed by atoms with Crippen molar-refractivity contribution in [2.45, 2.75) is 20.3 Å². The van der Waals surface area contributed by atoms with Gasteiger partial charge in [0, 0.05) is 18.7 Å². The van der Waals surface area contributed by atoms with Crippen LogP contribution in [0.4, 0.5) is 0 Å². The zero-order chi connectivity index (χ0) is 14.5. The Morgan fingerprint density at radius 3 is 2.65 bits per heavy atom. The van der Waals surface area contributed by atoms with Crippen molar-refractivity contribution in [2.24, 2.45) is 17.6 Å². The van der Waals surface area contributed by atoms with Crippen LogP contribution in [0.25, 0.3) is 0 Å². The first kappa shape index (κ1) is 14.9. The van der Waals surface area contributed by atoms with Gasteiger partial charge in [-0.1, -0.05) is 13.8 Å². The van der Waals surface area contributed by atoms with E-state index in [0.717, 1.165) is 29.7 Å². The van der Waals surface area contributed by atoms with Gasteiger partial charge in [-0.25, -0.2) is 0 Å². The van der Waals surface area contributed by atoms with Crippen molar-refractivity contribution in [2.75, 3.05) is 26.2 Å². The molecule has 0 aliphatic carbocycles. The normalized spacial score (nSPS) is 19.4. The highest BCUT2D eigenvalue weighted by molar-refractivity contribution is 5.94. The second-order valence-corrected chi connectivity index (χ2v) is 5.88. The van der Waals surface area contributed by atoms with Crippen molar-refractivity contribution < 1.29 is 4.74 Å². The van der Waals surface area contributed by atoms with Gasteiger partial charge >= 0.3 is 0 Å². The van der Waals surface area contributed by atoms with Crippen LogP contribution in [0.15, 0.2) is 24.3 Å². The standard InChI is InChI=1S/C16H25N3O/c1-12(2)14-7-8-19(11-14)9-10-20-15-5-3-13(4-6-15)16(17)18/h3-6,12,14H,7-11H2,1-2H3,(H3,17,18). The molecule has 3 N–H and O–H groups in total. The second-order valence-electron chi connectivity index (χ2n) is 5.88. The molecule has 1 saturated heterocycles. The summed E-state index contributed by atoms with van der Waals surface area (Å²) in [5.74, 6) is 2.55. The third-order valence-corrected chi connectivity index (χ3v) is 4.09. The Balaban J connectivity index is 1.72. The molecule has 1 aromatic rings. The van der Waals surface area contributed by atoms with Gasteiger partial charge in [0.25, 0.3) is 0 Å². The number of ether oxygens (including phenoxy) is 1. The first-order valence-electron chi connectivity index (χ1n) is 7.36. The van der Waals surface area contributed by atoms with Gasteiger partial charge in [0.1, 0.15) is 18.2 Å². The Bertz CT molecular complexity index is 442. The number of amidine groups is 1.